The third-order valence-corrected chi connectivity index (χ3v) is 4.32. The molecular formula is C16H27NO2S. The molecule has 20 heavy (non-hydrogen) atoms. The van der Waals surface area contributed by atoms with Gasteiger partial charge in [-0.1, -0.05) is 25.5 Å². The molecule has 0 saturated carbocycles. The van der Waals surface area contributed by atoms with E-state index >= 15 is 0 Å². The molecule has 0 spiro atoms. The molecule has 0 saturated heterocycles. The van der Waals surface area contributed by atoms with Gasteiger partial charge in [-0.15, -0.1) is 11.8 Å². The summed E-state index contributed by atoms with van der Waals surface area (Å²) in [6.45, 7) is 5.45. The molecule has 0 heterocycles. The zero-order valence-corrected chi connectivity index (χ0v) is 13.6. The number of benzene rings is 1. The predicted octanol–water partition coefficient (Wildman–Crippen LogP) is 3.24. The van der Waals surface area contributed by atoms with Crippen molar-refractivity contribution in [2.24, 2.45) is 0 Å². The summed E-state index contributed by atoms with van der Waals surface area (Å²) in [4.78, 5) is 1.19. The quantitative estimate of drug-likeness (QED) is 0.514. The maximum atomic E-state index is 9.88. The van der Waals surface area contributed by atoms with Gasteiger partial charge < -0.3 is 15.2 Å². The fraction of sp³-hybridized carbons (Fsp3) is 0.625. The minimum Gasteiger partial charge on any atom is -0.390 e. The van der Waals surface area contributed by atoms with Gasteiger partial charge in [-0.25, -0.2) is 0 Å². The van der Waals surface area contributed by atoms with E-state index in [4.69, 9.17) is 4.74 Å². The fourth-order valence-electron chi connectivity index (χ4n) is 1.75. The van der Waals surface area contributed by atoms with Crippen molar-refractivity contribution in [1.82, 2.24) is 5.32 Å². The van der Waals surface area contributed by atoms with Crippen LogP contribution in [-0.4, -0.2) is 37.2 Å². The molecule has 1 aromatic carbocycles. The van der Waals surface area contributed by atoms with E-state index in [0.29, 0.717) is 18.4 Å². The van der Waals surface area contributed by atoms with E-state index in [9.17, 15) is 5.11 Å². The molecule has 3 nitrogen and oxygen atoms in total. The van der Waals surface area contributed by atoms with E-state index in [0.717, 1.165) is 19.4 Å². The van der Waals surface area contributed by atoms with Crippen LogP contribution in [-0.2, 0) is 4.74 Å². The van der Waals surface area contributed by atoms with Gasteiger partial charge in [0, 0.05) is 23.3 Å². The molecule has 114 valence electrons. The number of aliphatic hydroxyl groups excluding tert-OH is 1. The minimum absolute atomic E-state index is 0.345. The molecule has 4 heteroatoms. The van der Waals surface area contributed by atoms with Crippen LogP contribution < -0.4 is 5.32 Å². The zero-order chi connectivity index (χ0) is 14.8. The maximum Gasteiger partial charge on any atom is 0.0867 e. The van der Waals surface area contributed by atoms with Gasteiger partial charge in [0.2, 0.25) is 0 Å². The van der Waals surface area contributed by atoms with Crippen LogP contribution in [0.3, 0.4) is 0 Å². The summed E-state index contributed by atoms with van der Waals surface area (Å²) in [6.07, 6.45) is 1.78. The Morgan fingerprint density at radius 2 is 2.20 bits per heavy atom. The second-order valence-electron chi connectivity index (χ2n) is 4.98. The standard InChI is InChI=1S/C16H27NO2S/c1-4-5-9-19-11-15(18)12-20-16-8-6-7-14(10-16)13(2)17-3/h6-8,10,13,15,17-18H,4-5,9,11-12H2,1-3H3. The second-order valence-corrected chi connectivity index (χ2v) is 6.07. The number of hydrogen-bond acceptors (Lipinski definition) is 4. The van der Waals surface area contributed by atoms with E-state index in [2.05, 4.69) is 43.4 Å². The van der Waals surface area contributed by atoms with Gasteiger partial charge in [-0.05, 0) is 38.1 Å². The van der Waals surface area contributed by atoms with Crippen LogP contribution in [0, 0.1) is 0 Å². The van der Waals surface area contributed by atoms with E-state index in [1.54, 1.807) is 11.8 Å². The lowest BCUT2D eigenvalue weighted by Gasteiger charge is -2.13. The second kappa shape index (κ2) is 10.2. The van der Waals surface area contributed by atoms with E-state index in [-0.39, 0.29) is 0 Å². The number of nitrogens with one attached hydrogen (secondary N) is 1. The average molecular weight is 297 g/mol. The maximum absolute atomic E-state index is 9.88. The van der Waals surface area contributed by atoms with Crippen molar-refractivity contribution in [3.05, 3.63) is 29.8 Å². The van der Waals surface area contributed by atoms with Gasteiger partial charge in [0.15, 0.2) is 0 Å². The van der Waals surface area contributed by atoms with Crippen LogP contribution in [0.25, 0.3) is 0 Å². The molecule has 0 radical (unpaired) electrons. The van der Waals surface area contributed by atoms with Crippen molar-refractivity contribution >= 4 is 11.8 Å². The Balaban J connectivity index is 2.33. The molecule has 0 aliphatic heterocycles. The third kappa shape index (κ3) is 6.75. The van der Waals surface area contributed by atoms with Gasteiger partial charge in [0.05, 0.1) is 12.7 Å². The number of ether oxygens (including phenoxy) is 1. The summed E-state index contributed by atoms with van der Waals surface area (Å²) < 4.78 is 5.43. The molecule has 0 aromatic heterocycles. The summed E-state index contributed by atoms with van der Waals surface area (Å²) >= 11 is 1.68. The Kier molecular flexibility index (Phi) is 8.94. The van der Waals surface area contributed by atoms with Crippen LogP contribution >= 0.6 is 11.8 Å². The van der Waals surface area contributed by atoms with Crippen molar-refractivity contribution in [3.8, 4) is 0 Å². The van der Waals surface area contributed by atoms with Crippen molar-refractivity contribution in [3.63, 3.8) is 0 Å². The first-order valence-corrected chi connectivity index (χ1v) is 8.31. The molecule has 0 bridgehead atoms. The highest BCUT2D eigenvalue weighted by molar-refractivity contribution is 7.99. The molecule has 0 aliphatic rings. The van der Waals surface area contributed by atoms with E-state index in [1.807, 2.05) is 7.05 Å². The summed E-state index contributed by atoms with van der Waals surface area (Å²) in [7, 11) is 1.96. The molecule has 1 rings (SSSR count). The first-order chi connectivity index (χ1) is 9.67. The van der Waals surface area contributed by atoms with Gasteiger partial charge in [-0.2, -0.15) is 0 Å². The Morgan fingerprint density at radius 1 is 1.40 bits per heavy atom. The van der Waals surface area contributed by atoms with Gasteiger partial charge in [0.1, 0.15) is 0 Å². The number of rotatable bonds is 10. The zero-order valence-electron chi connectivity index (χ0n) is 12.8. The average Bonchev–Trinajstić information content (AvgIpc) is 2.49. The number of aliphatic hydroxyl groups is 1. The van der Waals surface area contributed by atoms with Gasteiger partial charge in [0.25, 0.3) is 0 Å². The van der Waals surface area contributed by atoms with Crippen LogP contribution in [0.5, 0.6) is 0 Å². The Hall–Kier alpha value is -0.550. The lowest BCUT2D eigenvalue weighted by Crippen LogP contribution is -2.18. The minimum atomic E-state index is -0.401. The SMILES string of the molecule is CCCCOCC(O)CSc1cccc(C(C)NC)c1. The molecule has 2 unspecified atom stereocenters. The largest absolute Gasteiger partial charge is 0.390 e. The molecular weight excluding hydrogens is 270 g/mol. The topological polar surface area (TPSA) is 41.5 Å². The van der Waals surface area contributed by atoms with Crippen LogP contribution in [0.2, 0.25) is 0 Å². The summed E-state index contributed by atoms with van der Waals surface area (Å²) in [5.74, 6) is 0.670. The Labute approximate surface area is 127 Å². The molecule has 1 aromatic rings. The summed E-state index contributed by atoms with van der Waals surface area (Å²) in [5.41, 5.74) is 1.27. The number of unbranched alkanes of at least 4 members (excludes halogenated alkanes) is 1. The van der Waals surface area contributed by atoms with Crippen molar-refractivity contribution in [2.45, 2.75) is 43.7 Å². The number of thioether (sulfide) groups is 1. The van der Waals surface area contributed by atoms with E-state index in [1.165, 1.54) is 10.5 Å². The highest BCUT2D eigenvalue weighted by atomic mass is 32.2. The van der Waals surface area contributed by atoms with E-state index < -0.39 is 6.10 Å². The summed E-state index contributed by atoms with van der Waals surface area (Å²) in [5, 5.41) is 13.1. The summed E-state index contributed by atoms with van der Waals surface area (Å²) in [6, 6.07) is 8.79. The number of hydrogen-bond donors (Lipinski definition) is 2. The highest BCUT2D eigenvalue weighted by Gasteiger charge is 2.07. The monoisotopic (exact) mass is 297 g/mol. The van der Waals surface area contributed by atoms with Crippen LogP contribution in [0.4, 0.5) is 0 Å². The van der Waals surface area contributed by atoms with Gasteiger partial charge in [-0.3, -0.25) is 0 Å². The lowest BCUT2D eigenvalue weighted by molar-refractivity contribution is 0.0473. The highest BCUT2D eigenvalue weighted by Crippen LogP contribution is 2.23. The normalized spacial score (nSPS) is 14.2. The predicted molar refractivity (Wildman–Crippen MR) is 86.4 cm³/mol. The fourth-order valence-corrected chi connectivity index (χ4v) is 2.62. The van der Waals surface area contributed by atoms with Crippen LogP contribution in [0.15, 0.2) is 29.2 Å². The van der Waals surface area contributed by atoms with Crippen molar-refractivity contribution in [1.29, 1.82) is 0 Å². The third-order valence-electron chi connectivity index (χ3n) is 3.19. The molecule has 0 fully saturated rings. The van der Waals surface area contributed by atoms with Crippen LogP contribution in [0.1, 0.15) is 38.3 Å². The molecule has 2 atom stereocenters. The molecule has 0 amide bonds. The Bertz CT molecular complexity index is 373. The van der Waals surface area contributed by atoms with Gasteiger partial charge >= 0.3 is 0 Å². The Morgan fingerprint density at radius 3 is 2.90 bits per heavy atom. The van der Waals surface area contributed by atoms with Crippen molar-refractivity contribution < 1.29 is 9.84 Å². The first kappa shape index (κ1) is 17.5. The molecule has 0 aliphatic carbocycles. The van der Waals surface area contributed by atoms with Crippen molar-refractivity contribution in [2.75, 3.05) is 26.0 Å². The lowest BCUT2D eigenvalue weighted by atomic mass is 10.1. The first-order valence-electron chi connectivity index (χ1n) is 7.33. The smallest absolute Gasteiger partial charge is 0.0867 e. The molecule has 2 N–H and O–H groups in total.